The molecule has 1 aromatic carbocycles. The Balaban J connectivity index is 2.05. The summed E-state index contributed by atoms with van der Waals surface area (Å²) < 4.78 is 11.1. The Hall–Kier alpha value is -1.10. The number of benzene rings is 1. The summed E-state index contributed by atoms with van der Waals surface area (Å²) in [6.45, 7) is 4.10. The summed E-state index contributed by atoms with van der Waals surface area (Å²) in [5.74, 6) is 0.872. The van der Waals surface area contributed by atoms with Gasteiger partial charge in [0.05, 0.1) is 13.2 Å². The van der Waals surface area contributed by atoms with E-state index in [1.54, 1.807) is 0 Å². The quantitative estimate of drug-likeness (QED) is 0.611. The fourth-order valence-corrected chi connectivity index (χ4v) is 2.10. The number of para-hydroxylation sites is 1. The molecule has 114 valence electrons. The molecule has 20 heavy (non-hydrogen) atoms. The number of hydrogen-bond acceptors (Lipinski definition) is 4. The molecule has 4 nitrogen and oxygen atoms in total. The van der Waals surface area contributed by atoms with Crippen LogP contribution in [0.5, 0.6) is 5.75 Å². The average Bonchev–Trinajstić information content (AvgIpc) is 2.52. The summed E-state index contributed by atoms with van der Waals surface area (Å²) in [4.78, 5) is 0. The second-order valence-electron chi connectivity index (χ2n) is 4.92. The number of likely N-dealkylation sites (N-methyl/N-ethyl adjacent to an activating group) is 1. The lowest BCUT2D eigenvalue weighted by atomic mass is 9.92. The van der Waals surface area contributed by atoms with Crippen LogP contribution in [0.25, 0.3) is 0 Å². The van der Waals surface area contributed by atoms with Gasteiger partial charge in [-0.1, -0.05) is 25.1 Å². The number of hydrogen-bond donors (Lipinski definition) is 2. The second kappa shape index (κ2) is 9.75. The van der Waals surface area contributed by atoms with Crippen molar-refractivity contribution >= 4 is 0 Å². The zero-order chi connectivity index (χ0) is 14.7. The molecular formula is C16H27NO3. The minimum atomic E-state index is -0.163. The van der Waals surface area contributed by atoms with E-state index in [9.17, 15) is 5.11 Å². The van der Waals surface area contributed by atoms with Gasteiger partial charge >= 0.3 is 0 Å². The van der Waals surface area contributed by atoms with Crippen molar-refractivity contribution in [3.05, 3.63) is 30.3 Å². The zero-order valence-corrected chi connectivity index (χ0v) is 12.6. The molecule has 2 N–H and O–H groups in total. The van der Waals surface area contributed by atoms with Crippen molar-refractivity contribution in [1.82, 2.24) is 5.32 Å². The van der Waals surface area contributed by atoms with Gasteiger partial charge in [0, 0.05) is 12.1 Å². The van der Waals surface area contributed by atoms with Crippen molar-refractivity contribution in [2.45, 2.75) is 31.7 Å². The van der Waals surface area contributed by atoms with E-state index in [4.69, 9.17) is 9.47 Å². The van der Waals surface area contributed by atoms with Crippen molar-refractivity contribution in [3.63, 3.8) is 0 Å². The third kappa shape index (κ3) is 5.90. The Bertz CT molecular complexity index is 331. The summed E-state index contributed by atoms with van der Waals surface area (Å²) in [6.07, 6.45) is 2.76. The highest BCUT2D eigenvalue weighted by Gasteiger charge is 2.23. The number of aliphatic hydroxyl groups is 1. The van der Waals surface area contributed by atoms with Gasteiger partial charge in [-0.2, -0.15) is 0 Å². The molecular weight excluding hydrogens is 254 g/mol. The van der Waals surface area contributed by atoms with Crippen molar-refractivity contribution < 1.29 is 14.6 Å². The SMILES string of the molecule is CCC(CO)(CCCOCCOc1ccccc1)NC. The second-order valence-corrected chi connectivity index (χ2v) is 4.92. The van der Waals surface area contributed by atoms with Gasteiger partial charge in [-0.15, -0.1) is 0 Å². The predicted octanol–water partition coefficient (Wildman–Crippen LogP) is 2.22. The maximum atomic E-state index is 9.42. The van der Waals surface area contributed by atoms with Gasteiger partial charge in [0.2, 0.25) is 0 Å². The van der Waals surface area contributed by atoms with Crippen LogP contribution in [-0.2, 0) is 4.74 Å². The molecule has 0 radical (unpaired) electrons. The first kappa shape index (κ1) is 17.0. The topological polar surface area (TPSA) is 50.7 Å². The van der Waals surface area contributed by atoms with Crippen LogP contribution in [0.4, 0.5) is 0 Å². The van der Waals surface area contributed by atoms with E-state index >= 15 is 0 Å². The minimum Gasteiger partial charge on any atom is -0.491 e. The number of rotatable bonds is 11. The maximum Gasteiger partial charge on any atom is 0.119 e. The van der Waals surface area contributed by atoms with Gasteiger partial charge in [0.25, 0.3) is 0 Å². The highest BCUT2D eigenvalue weighted by molar-refractivity contribution is 5.20. The Morgan fingerprint density at radius 2 is 1.90 bits per heavy atom. The van der Waals surface area contributed by atoms with Crippen LogP contribution in [0.3, 0.4) is 0 Å². The third-order valence-corrected chi connectivity index (χ3v) is 3.69. The van der Waals surface area contributed by atoms with Crippen LogP contribution in [0.15, 0.2) is 30.3 Å². The van der Waals surface area contributed by atoms with Crippen LogP contribution in [0, 0.1) is 0 Å². The number of nitrogens with one attached hydrogen (secondary N) is 1. The standard InChI is InChI=1S/C16H27NO3/c1-3-16(14-18,17-2)10-7-11-19-12-13-20-15-8-5-4-6-9-15/h4-6,8-9,17-18H,3,7,10-14H2,1-2H3. The van der Waals surface area contributed by atoms with Gasteiger partial charge in [-0.3, -0.25) is 0 Å². The van der Waals surface area contributed by atoms with Crippen LogP contribution in [-0.4, -0.2) is 44.1 Å². The number of aliphatic hydroxyl groups excluding tert-OH is 1. The summed E-state index contributed by atoms with van der Waals surface area (Å²) in [5, 5.41) is 12.6. The summed E-state index contributed by atoms with van der Waals surface area (Å²) in [7, 11) is 1.90. The first-order chi connectivity index (χ1) is 9.76. The van der Waals surface area contributed by atoms with E-state index < -0.39 is 0 Å². The normalized spacial score (nSPS) is 13.9. The van der Waals surface area contributed by atoms with E-state index in [1.807, 2.05) is 37.4 Å². The van der Waals surface area contributed by atoms with Crippen molar-refractivity contribution in [3.8, 4) is 5.75 Å². The highest BCUT2D eigenvalue weighted by Crippen LogP contribution is 2.16. The van der Waals surface area contributed by atoms with Gasteiger partial charge in [0.1, 0.15) is 12.4 Å². The molecule has 0 saturated carbocycles. The van der Waals surface area contributed by atoms with Gasteiger partial charge in [-0.25, -0.2) is 0 Å². The lowest BCUT2D eigenvalue weighted by Gasteiger charge is -2.30. The molecule has 0 amide bonds. The number of ether oxygens (including phenoxy) is 2. The molecule has 0 saturated heterocycles. The molecule has 1 atom stereocenters. The lowest BCUT2D eigenvalue weighted by molar-refractivity contribution is 0.0845. The summed E-state index contributed by atoms with van der Waals surface area (Å²) >= 11 is 0. The van der Waals surface area contributed by atoms with Crippen LogP contribution >= 0.6 is 0 Å². The maximum absolute atomic E-state index is 9.42. The zero-order valence-electron chi connectivity index (χ0n) is 12.6. The summed E-state index contributed by atoms with van der Waals surface area (Å²) in [5.41, 5.74) is -0.163. The Labute approximate surface area is 122 Å². The van der Waals surface area contributed by atoms with Crippen LogP contribution in [0.1, 0.15) is 26.2 Å². The van der Waals surface area contributed by atoms with E-state index in [1.165, 1.54) is 0 Å². The monoisotopic (exact) mass is 281 g/mol. The van der Waals surface area contributed by atoms with Crippen LogP contribution in [0.2, 0.25) is 0 Å². The summed E-state index contributed by atoms with van der Waals surface area (Å²) in [6, 6.07) is 9.74. The van der Waals surface area contributed by atoms with Crippen LogP contribution < -0.4 is 10.1 Å². The molecule has 0 bridgehead atoms. The van der Waals surface area contributed by atoms with Crippen molar-refractivity contribution in [2.75, 3.05) is 33.5 Å². The molecule has 0 fully saturated rings. The molecule has 1 aromatic rings. The van der Waals surface area contributed by atoms with Crippen molar-refractivity contribution in [2.24, 2.45) is 0 Å². The Kier molecular flexibility index (Phi) is 8.26. The molecule has 0 aliphatic carbocycles. The largest absolute Gasteiger partial charge is 0.491 e. The van der Waals surface area contributed by atoms with E-state index in [2.05, 4.69) is 12.2 Å². The molecule has 0 aliphatic heterocycles. The molecule has 0 aliphatic rings. The van der Waals surface area contributed by atoms with Gasteiger partial charge in [-0.05, 0) is 38.4 Å². The first-order valence-electron chi connectivity index (χ1n) is 7.31. The molecule has 0 aromatic heterocycles. The van der Waals surface area contributed by atoms with Gasteiger partial charge < -0.3 is 19.9 Å². The van der Waals surface area contributed by atoms with E-state index in [-0.39, 0.29) is 12.1 Å². The average molecular weight is 281 g/mol. The minimum absolute atomic E-state index is 0.163. The smallest absolute Gasteiger partial charge is 0.119 e. The molecule has 4 heteroatoms. The fourth-order valence-electron chi connectivity index (χ4n) is 2.10. The molecule has 0 heterocycles. The molecule has 1 rings (SSSR count). The van der Waals surface area contributed by atoms with E-state index in [0.717, 1.165) is 25.0 Å². The molecule has 1 unspecified atom stereocenters. The van der Waals surface area contributed by atoms with E-state index in [0.29, 0.717) is 19.8 Å². The molecule has 0 spiro atoms. The third-order valence-electron chi connectivity index (χ3n) is 3.69. The first-order valence-corrected chi connectivity index (χ1v) is 7.31. The Morgan fingerprint density at radius 3 is 2.50 bits per heavy atom. The lowest BCUT2D eigenvalue weighted by Crippen LogP contribution is -2.46. The fraction of sp³-hybridized carbons (Fsp3) is 0.625. The van der Waals surface area contributed by atoms with Crippen molar-refractivity contribution in [1.29, 1.82) is 0 Å². The van der Waals surface area contributed by atoms with Gasteiger partial charge in [0.15, 0.2) is 0 Å². The predicted molar refractivity (Wildman–Crippen MR) is 81.2 cm³/mol. The highest BCUT2D eigenvalue weighted by atomic mass is 16.5. The Morgan fingerprint density at radius 1 is 1.15 bits per heavy atom.